The van der Waals surface area contributed by atoms with E-state index < -0.39 is 5.63 Å². The van der Waals surface area contributed by atoms with E-state index in [1.165, 1.54) is 0 Å². The van der Waals surface area contributed by atoms with E-state index in [2.05, 4.69) is 10.3 Å². The molecular weight excluding hydrogens is 254 g/mol. The van der Waals surface area contributed by atoms with Crippen LogP contribution >= 0.6 is 0 Å². The van der Waals surface area contributed by atoms with E-state index in [-0.39, 0.29) is 11.4 Å². The molecule has 2 heterocycles. The fourth-order valence-corrected chi connectivity index (χ4v) is 1.85. The Hall–Kier alpha value is -3.13. The fraction of sp³-hybridized carbons (Fsp3) is 0. The summed E-state index contributed by atoms with van der Waals surface area (Å²) in [5.41, 5.74) is 0.612. The highest BCUT2D eigenvalue weighted by Crippen LogP contribution is 2.17. The average molecular weight is 263 g/mol. The predicted octanol–water partition coefficient (Wildman–Crippen LogP) is 2.80. The second-order valence-electron chi connectivity index (χ2n) is 4.13. The van der Waals surface area contributed by atoms with Crippen LogP contribution in [-0.2, 0) is 0 Å². The van der Waals surface area contributed by atoms with Crippen LogP contribution in [0.5, 0.6) is 0 Å². The van der Waals surface area contributed by atoms with Crippen molar-refractivity contribution in [2.75, 3.05) is 5.32 Å². The average Bonchev–Trinajstić information content (AvgIpc) is 2.48. The third-order valence-electron chi connectivity index (χ3n) is 2.77. The Morgan fingerprint density at radius 2 is 2.00 bits per heavy atom. The van der Waals surface area contributed by atoms with Gasteiger partial charge in [0.05, 0.1) is 0 Å². The van der Waals surface area contributed by atoms with Gasteiger partial charge in [-0.25, -0.2) is 9.78 Å². The molecule has 3 aromatic rings. The number of pyridine rings is 1. The lowest BCUT2D eigenvalue weighted by Gasteiger charge is -2.05. The Morgan fingerprint density at radius 3 is 2.85 bits per heavy atom. The van der Waals surface area contributed by atoms with Crippen LogP contribution in [0.25, 0.3) is 11.0 Å². The first-order chi connectivity index (χ1) is 9.76. The number of hydrogen-bond donors (Lipinski definition) is 1. The summed E-state index contributed by atoms with van der Waals surface area (Å²) in [5, 5.41) is 12.5. The van der Waals surface area contributed by atoms with Crippen molar-refractivity contribution in [3.8, 4) is 6.07 Å². The fourth-order valence-electron chi connectivity index (χ4n) is 1.85. The summed E-state index contributed by atoms with van der Waals surface area (Å²) in [6.07, 6.45) is 0. The van der Waals surface area contributed by atoms with Crippen LogP contribution in [0.2, 0.25) is 0 Å². The van der Waals surface area contributed by atoms with Gasteiger partial charge in [-0.3, -0.25) is 0 Å². The molecule has 0 fully saturated rings. The first-order valence-corrected chi connectivity index (χ1v) is 5.93. The van der Waals surface area contributed by atoms with E-state index >= 15 is 0 Å². The highest BCUT2D eigenvalue weighted by molar-refractivity contribution is 5.80. The first kappa shape index (κ1) is 11.9. The summed E-state index contributed by atoms with van der Waals surface area (Å²) >= 11 is 0. The molecule has 0 saturated carbocycles. The highest BCUT2D eigenvalue weighted by atomic mass is 16.4. The molecule has 1 aromatic carbocycles. The molecule has 0 aliphatic heterocycles. The SMILES string of the molecule is N#Cc1cccc(Nc2cc3ccccc3oc2=O)n1. The summed E-state index contributed by atoms with van der Waals surface area (Å²) in [5.74, 6) is 0.423. The van der Waals surface area contributed by atoms with Crippen molar-refractivity contribution < 1.29 is 4.42 Å². The van der Waals surface area contributed by atoms with Crippen LogP contribution in [-0.4, -0.2) is 4.98 Å². The maximum atomic E-state index is 11.9. The first-order valence-electron chi connectivity index (χ1n) is 5.93. The molecule has 0 bridgehead atoms. The van der Waals surface area contributed by atoms with E-state index in [0.717, 1.165) is 5.39 Å². The molecule has 1 N–H and O–H groups in total. The van der Waals surface area contributed by atoms with Crippen molar-refractivity contribution in [2.45, 2.75) is 0 Å². The van der Waals surface area contributed by atoms with Crippen molar-refractivity contribution in [3.05, 3.63) is 64.6 Å². The highest BCUT2D eigenvalue weighted by Gasteiger charge is 2.06. The van der Waals surface area contributed by atoms with Crippen molar-refractivity contribution in [1.29, 1.82) is 5.26 Å². The number of benzene rings is 1. The van der Waals surface area contributed by atoms with E-state index in [4.69, 9.17) is 9.68 Å². The standard InChI is InChI=1S/C15H9N3O2/c16-9-11-5-3-7-14(17-11)18-12-8-10-4-1-2-6-13(10)20-15(12)19/h1-8H,(H,17,18). The molecule has 0 amide bonds. The van der Waals surface area contributed by atoms with Gasteiger partial charge in [-0.1, -0.05) is 24.3 Å². The van der Waals surface area contributed by atoms with E-state index in [1.54, 1.807) is 36.4 Å². The molecule has 0 aliphatic rings. The number of anilines is 2. The monoisotopic (exact) mass is 263 g/mol. The van der Waals surface area contributed by atoms with Crippen molar-refractivity contribution in [2.24, 2.45) is 0 Å². The minimum atomic E-state index is -0.479. The number of nitrogens with zero attached hydrogens (tertiary/aromatic N) is 2. The molecule has 0 unspecified atom stereocenters. The van der Waals surface area contributed by atoms with Crippen LogP contribution in [0, 0.1) is 11.3 Å². The van der Waals surface area contributed by atoms with Crippen LogP contribution in [0.4, 0.5) is 11.5 Å². The molecule has 0 spiro atoms. The lowest BCUT2D eigenvalue weighted by atomic mass is 10.2. The third kappa shape index (κ3) is 2.22. The Kier molecular flexibility index (Phi) is 2.90. The van der Waals surface area contributed by atoms with E-state index in [0.29, 0.717) is 11.4 Å². The largest absolute Gasteiger partial charge is 0.421 e. The molecule has 96 valence electrons. The number of rotatable bonds is 2. The summed E-state index contributed by atoms with van der Waals surface area (Å²) in [4.78, 5) is 15.9. The molecule has 0 atom stereocenters. The number of aromatic nitrogens is 1. The number of hydrogen-bond acceptors (Lipinski definition) is 5. The van der Waals surface area contributed by atoms with Crippen LogP contribution in [0.15, 0.2) is 57.7 Å². The normalized spacial score (nSPS) is 10.2. The number of nitrogens with one attached hydrogen (secondary N) is 1. The minimum Gasteiger partial charge on any atom is -0.421 e. The van der Waals surface area contributed by atoms with Gasteiger partial charge >= 0.3 is 5.63 Å². The minimum absolute atomic E-state index is 0.278. The molecule has 0 radical (unpaired) electrons. The Balaban J connectivity index is 2.04. The summed E-state index contributed by atoms with van der Waals surface area (Å²) in [7, 11) is 0. The molecule has 2 aromatic heterocycles. The third-order valence-corrected chi connectivity index (χ3v) is 2.77. The number of nitriles is 1. The van der Waals surface area contributed by atoms with Crippen LogP contribution in [0.3, 0.4) is 0 Å². The topological polar surface area (TPSA) is 78.9 Å². The van der Waals surface area contributed by atoms with E-state index in [9.17, 15) is 4.79 Å². The summed E-state index contributed by atoms with van der Waals surface area (Å²) < 4.78 is 5.21. The van der Waals surface area contributed by atoms with Gasteiger partial charge < -0.3 is 9.73 Å². The van der Waals surface area contributed by atoms with Gasteiger partial charge in [0.15, 0.2) is 0 Å². The van der Waals surface area contributed by atoms with Gasteiger partial charge in [-0.2, -0.15) is 5.26 Å². The summed E-state index contributed by atoms with van der Waals surface area (Å²) in [6.45, 7) is 0. The zero-order chi connectivity index (χ0) is 13.9. The van der Waals surface area contributed by atoms with E-state index in [1.807, 2.05) is 18.2 Å². The Labute approximate surface area is 114 Å². The lowest BCUT2D eigenvalue weighted by molar-refractivity contribution is 0.564. The molecule has 5 heteroatoms. The van der Waals surface area contributed by atoms with Gasteiger partial charge in [0, 0.05) is 5.39 Å². The van der Waals surface area contributed by atoms with Crippen LogP contribution < -0.4 is 10.9 Å². The van der Waals surface area contributed by atoms with Crippen molar-refractivity contribution in [3.63, 3.8) is 0 Å². The predicted molar refractivity (Wildman–Crippen MR) is 74.7 cm³/mol. The number of fused-ring (bicyclic) bond motifs is 1. The van der Waals surface area contributed by atoms with Gasteiger partial charge in [-0.05, 0) is 24.3 Å². The zero-order valence-electron chi connectivity index (χ0n) is 10.3. The van der Waals surface area contributed by atoms with Crippen molar-refractivity contribution in [1.82, 2.24) is 4.98 Å². The van der Waals surface area contributed by atoms with Gasteiger partial charge in [-0.15, -0.1) is 0 Å². The van der Waals surface area contributed by atoms with Gasteiger partial charge in [0.1, 0.15) is 28.9 Å². The maximum Gasteiger partial charge on any atom is 0.360 e. The maximum absolute atomic E-state index is 11.9. The second kappa shape index (κ2) is 4.86. The van der Waals surface area contributed by atoms with Crippen LogP contribution in [0.1, 0.15) is 5.69 Å². The molecular formula is C15H9N3O2. The zero-order valence-corrected chi connectivity index (χ0v) is 10.3. The molecule has 5 nitrogen and oxygen atoms in total. The lowest BCUT2D eigenvalue weighted by Crippen LogP contribution is -2.07. The molecule has 0 saturated heterocycles. The Morgan fingerprint density at radius 1 is 1.15 bits per heavy atom. The summed E-state index contributed by atoms with van der Waals surface area (Å²) in [6, 6.07) is 15.8. The second-order valence-corrected chi connectivity index (χ2v) is 4.13. The molecule has 0 aliphatic carbocycles. The molecule has 20 heavy (non-hydrogen) atoms. The molecule has 3 rings (SSSR count). The van der Waals surface area contributed by atoms with Gasteiger partial charge in [0.25, 0.3) is 0 Å². The van der Waals surface area contributed by atoms with Gasteiger partial charge in [0.2, 0.25) is 0 Å². The smallest absolute Gasteiger partial charge is 0.360 e. The quantitative estimate of drug-likeness (QED) is 0.719. The number of para-hydroxylation sites is 1. The Bertz CT molecular complexity index is 878. The van der Waals surface area contributed by atoms with Crippen molar-refractivity contribution >= 4 is 22.5 Å².